The summed E-state index contributed by atoms with van der Waals surface area (Å²) in [5, 5.41) is 11.9. The van der Waals surface area contributed by atoms with Crippen molar-refractivity contribution in [2.24, 2.45) is 0 Å². The number of thiazole rings is 1. The summed E-state index contributed by atoms with van der Waals surface area (Å²) in [6.45, 7) is 7.21. The predicted octanol–water partition coefficient (Wildman–Crippen LogP) is 8.02. The van der Waals surface area contributed by atoms with Crippen molar-refractivity contribution in [3.8, 4) is 17.4 Å². The lowest BCUT2D eigenvalue weighted by atomic mass is 9.76. The van der Waals surface area contributed by atoms with Gasteiger partial charge in [0.15, 0.2) is 0 Å². The molecule has 0 aliphatic rings. The summed E-state index contributed by atoms with van der Waals surface area (Å²) >= 11 is 1.06. The largest absolute Gasteiger partial charge is 0.494 e. The van der Waals surface area contributed by atoms with Gasteiger partial charge in [0.2, 0.25) is 5.88 Å². The molecule has 6 aromatic rings. The van der Waals surface area contributed by atoms with Gasteiger partial charge in [-0.2, -0.15) is 0 Å². The third-order valence-electron chi connectivity index (χ3n) is 8.22. The number of rotatable bonds is 15. The normalized spacial score (nSPS) is 11.2. The van der Waals surface area contributed by atoms with Crippen LogP contribution in [0.25, 0.3) is 5.70 Å². The first-order valence-electron chi connectivity index (χ1n) is 16.1. The van der Waals surface area contributed by atoms with E-state index in [0.717, 1.165) is 44.9 Å². The van der Waals surface area contributed by atoms with E-state index in [9.17, 15) is 9.90 Å². The lowest BCUT2D eigenvalue weighted by Crippen LogP contribution is -2.42. The average Bonchev–Trinajstić information content (AvgIpc) is 3.42. The quantitative estimate of drug-likeness (QED) is 0.0655. The van der Waals surface area contributed by atoms with Gasteiger partial charge in [0, 0.05) is 6.42 Å². The molecule has 0 atom stereocenters. The molecule has 1 aromatic heterocycles. The molecule has 0 unspecified atom stereocenters. The van der Waals surface area contributed by atoms with Crippen LogP contribution in [0.15, 0.2) is 151 Å². The molecule has 0 bridgehead atoms. The fraction of sp³-hybridized carbons (Fsp3) is 0.146. The summed E-state index contributed by atoms with van der Waals surface area (Å²) in [6, 6.07) is 44.8. The number of hydrogen-bond donors (Lipinski definition) is 2. The Morgan fingerprint density at radius 1 is 0.735 bits per heavy atom. The molecule has 6 rings (SSSR count). The molecule has 2 N–H and O–H groups in total. The molecule has 0 saturated carbocycles. The van der Waals surface area contributed by atoms with E-state index >= 15 is 0 Å². The molecule has 0 saturated heterocycles. The predicted molar refractivity (Wildman–Crippen MR) is 195 cm³/mol. The molecule has 0 aliphatic carbocycles. The number of nitrogens with one attached hydrogen (secondary N) is 1. The second kappa shape index (κ2) is 15.6. The van der Waals surface area contributed by atoms with Crippen LogP contribution in [0.1, 0.15) is 39.6 Å². The summed E-state index contributed by atoms with van der Waals surface area (Å²) < 4.78 is 12.9. The lowest BCUT2D eigenvalue weighted by molar-refractivity contribution is 0.0541. The van der Waals surface area contributed by atoms with Crippen LogP contribution in [0.5, 0.6) is 17.4 Å². The highest BCUT2D eigenvalue weighted by atomic mass is 32.1. The molecule has 0 fully saturated rings. The Morgan fingerprint density at radius 2 is 1.24 bits per heavy atom. The smallest absolute Gasteiger partial charge is 0.311 e. The van der Waals surface area contributed by atoms with Gasteiger partial charge in [-0.05, 0) is 71.1 Å². The summed E-state index contributed by atoms with van der Waals surface area (Å²) in [7, 11) is 0. The SMILES string of the molecule is C=C(NOCCOc1ccc(Cc2sc(=O)n(C(c3ccccc3)(c3ccccc3)c3ccccc3)c2O)cc1)c1ccc(OCC)cc1. The van der Waals surface area contributed by atoms with E-state index in [4.69, 9.17) is 14.3 Å². The van der Waals surface area contributed by atoms with Crippen LogP contribution >= 0.6 is 11.3 Å². The van der Waals surface area contributed by atoms with Crippen molar-refractivity contribution >= 4 is 17.0 Å². The van der Waals surface area contributed by atoms with Gasteiger partial charge in [-0.1, -0.05) is 121 Å². The van der Waals surface area contributed by atoms with E-state index in [2.05, 4.69) is 12.1 Å². The van der Waals surface area contributed by atoms with Crippen molar-refractivity contribution in [3.05, 3.63) is 188 Å². The Balaban J connectivity index is 1.16. The van der Waals surface area contributed by atoms with E-state index in [0.29, 0.717) is 42.6 Å². The molecule has 248 valence electrons. The first-order valence-corrected chi connectivity index (χ1v) is 16.9. The minimum atomic E-state index is -1.09. The molecule has 0 spiro atoms. The van der Waals surface area contributed by atoms with Gasteiger partial charge in [0.1, 0.15) is 30.3 Å². The van der Waals surface area contributed by atoms with Crippen molar-refractivity contribution in [3.63, 3.8) is 0 Å². The van der Waals surface area contributed by atoms with Crippen LogP contribution in [0.2, 0.25) is 0 Å². The summed E-state index contributed by atoms with van der Waals surface area (Å²) in [5.41, 5.74) is 6.86. The second-order valence-electron chi connectivity index (χ2n) is 11.3. The second-order valence-corrected chi connectivity index (χ2v) is 12.4. The fourth-order valence-electron chi connectivity index (χ4n) is 5.95. The number of aromatic nitrogens is 1. The summed E-state index contributed by atoms with van der Waals surface area (Å²) in [4.78, 5) is 19.8. The van der Waals surface area contributed by atoms with Crippen molar-refractivity contribution < 1.29 is 19.4 Å². The van der Waals surface area contributed by atoms with Gasteiger partial charge < -0.3 is 14.6 Å². The van der Waals surface area contributed by atoms with Gasteiger partial charge in [-0.3, -0.25) is 19.7 Å². The molecule has 5 aromatic carbocycles. The van der Waals surface area contributed by atoms with Crippen LogP contribution in [0, 0.1) is 0 Å². The highest BCUT2D eigenvalue weighted by Gasteiger charge is 2.42. The maximum absolute atomic E-state index is 14.0. The number of aromatic hydroxyl groups is 1. The van der Waals surface area contributed by atoms with Gasteiger partial charge in [0.25, 0.3) is 0 Å². The first-order chi connectivity index (χ1) is 24.0. The Labute approximate surface area is 290 Å². The van der Waals surface area contributed by atoms with Crippen LogP contribution in [-0.4, -0.2) is 29.5 Å². The standard InChI is InChI=1S/C41H38N2O5S/c1-3-46-36-25-21-32(22-26-36)30(2)42-48-28-27-47-37-23-19-31(20-24-37)29-38-39(44)43(40(45)49-38)41(33-13-7-4-8-14-33,34-15-9-5-10-16-34)35-17-11-6-12-18-35/h4-26,42,44H,2-3,27-29H2,1H3. The van der Waals surface area contributed by atoms with Gasteiger partial charge in [-0.25, -0.2) is 0 Å². The third kappa shape index (κ3) is 7.31. The van der Waals surface area contributed by atoms with E-state index < -0.39 is 5.54 Å². The zero-order chi connectivity index (χ0) is 34.1. The van der Waals surface area contributed by atoms with Crippen molar-refractivity contribution in [2.75, 3.05) is 19.8 Å². The Kier molecular flexibility index (Phi) is 10.6. The van der Waals surface area contributed by atoms with Gasteiger partial charge >= 0.3 is 4.87 Å². The minimum Gasteiger partial charge on any atom is -0.494 e. The minimum absolute atomic E-state index is 0.0524. The van der Waals surface area contributed by atoms with E-state index in [1.807, 2.05) is 146 Å². The Morgan fingerprint density at radius 3 is 1.78 bits per heavy atom. The molecule has 0 aliphatic heterocycles. The van der Waals surface area contributed by atoms with Crippen LogP contribution < -0.4 is 19.8 Å². The molecule has 8 heteroatoms. The molecule has 0 radical (unpaired) electrons. The van der Waals surface area contributed by atoms with Gasteiger partial charge in [-0.15, -0.1) is 0 Å². The van der Waals surface area contributed by atoms with E-state index in [1.54, 1.807) is 4.57 Å². The summed E-state index contributed by atoms with van der Waals surface area (Å²) in [5.74, 6) is 1.44. The van der Waals surface area contributed by atoms with Crippen molar-refractivity contribution in [1.29, 1.82) is 0 Å². The fourth-order valence-corrected chi connectivity index (χ4v) is 6.90. The first kappa shape index (κ1) is 33.3. The maximum Gasteiger partial charge on any atom is 0.311 e. The monoisotopic (exact) mass is 670 g/mol. The number of benzene rings is 5. The van der Waals surface area contributed by atoms with Crippen molar-refractivity contribution in [1.82, 2.24) is 10.0 Å². The number of hydroxylamine groups is 1. The van der Waals surface area contributed by atoms with Gasteiger partial charge in [0.05, 0.1) is 17.2 Å². The zero-order valence-corrected chi connectivity index (χ0v) is 28.1. The Bertz CT molecular complexity index is 1910. The molecule has 49 heavy (non-hydrogen) atoms. The maximum atomic E-state index is 14.0. The molecular formula is C41H38N2O5S. The van der Waals surface area contributed by atoms with E-state index in [-0.39, 0.29) is 10.8 Å². The lowest BCUT2D eigenvalue weighted by Gasteiger charge is -2.37. The molecule has 7 nitrogen and oxygen atoms in total. The number of nitrogens with zero attached hydrogens (tertiary/aromatic N) is 1. The van der Waals surface area contributed by atoms with E-state index in [1.165, 1.54) is 0 Å². The van der Waals surface area contributed by atoms with Crippen LogP contribution in [-0.2, 0) is 16.8 Å². The number of hydrogen-bond acceptors (Lipinski definition) is 7. The molecular weight excluding hydrogens is 633 g/mol. The molecule has 1 heterocycles. The highest BCUT2D eigenvalue weighted by molar-refractivity contribution is 7.09. The number of ether oxygens (including phenoxy) is 2. The average molecular weight is 671 g/mol. The van der Waals surface area contributed by atoms with Crippen LogP contribution in [0.4, 0.5) is 0 Å². The van der Waals surface area contributed by atoms with Crippen LogP contribution in [0.3, 0.4) is 0 Å². The third-order valence-corrected chi connectivity index (χ3v) is 9.15. The summed E-state index contributed by atoms with van der Waals surface area (Å²) in [6.07, 6.45) is 0.383. The highest BCUT2D eigenvalue weighted by Crippen LogP contribution is 2.43. The Hall–Kier alpha value is -5.57. The molecule has 0 amide bonds. The van der Waals surface area contributed by atoms with Crippen molar-refractivity contribution in [2.45, 2.75) is 18.9 Å². The topological polar surface area (TPSA) is 82.0 Å². The zero-order valence-electron chi connectivity index (χ0n) is 27.3.